The van der Waals surface area contributed by atoms with Gasteiger partial charge in [0, 0.05) is 43.3 Å². The number of nitrogens with two attached hydrogens (primary N) is 1. The molecule has 0 aliphatic carbocycles. The number of nitrogens with zero attached hydrogens (tertiary/aromatic N) is 5. The van der Waals surface area contributed by atoms with Gasteiger partial charge in [-0.25, -0.2) is 28.2 Å². The van der Waals surface area contributed by atoms with E-state index in [1.165, 1.54) is 16.8 Å². The standard InChI is InChI=1S/C27H20F5N7O4/c28-15-2-1-8-35-25(15)39-22(27(30,31)32)19(23(33)40)20(37-39)13-3-4-17(16(29)12-13)43-18-5-9-34-24-21(18)38(26(41)36-24)14-6-10-42-11-7-14/h1-5,8-9,12,14H,6-7,10-11H2,(H2,33,40)(H,34,36,41). The number of hydrogen-bond acceptors (Lipinski definition) is 7. The Labute approximate surface area is 237 Å². The normalized spacial score (nSPS) is 14.3. The van der Waals surface area contributed by atoms with Gasteiger partial charge in [0.05, 0.1) is 5.56 Å². The smallest absolute Gasteiger partial charge is 0.434 e. The van der Waals surface area contributed by atoms with Crippen molar-refractivity contribution in [2.24, 2.45) is 5.73 Å². The third-order valence-electron chi connectivity index (χ3n) is 6.89. The van der Waals surface area contributed by atoms with Gasteiger partial charge in [0.15, 0.2) is 40.3 Å². The number of carbonyl (C=O) groups is 1. The molecule has 11 nitrogen and oxygen atoms in total. The van der Waals surface area contributed by atoms with Crippen molar-refractivity contribution < 1.29 is 36.2 Å². The highest BCUT2D eigenvalue weighted by atomic mass is 19.4. The van der Waals surface area contributed by atoms with Gasteiger partial charge >= 0.3 is 11.9 Å². The summed E-state index contributed by atoms with van der Waals surface area (Å²) >= 11 is 0. The highest BCUT2D eigenvalue weighted by Gasteiger charge is 2.43. The minimum absolute atomic E-state index is 0.0913. The molecule has 0 radical (unpaired) electrons. The molecule has 3 N–H and O–H groups in total. The fourth-order valence-corrected chi connectivity index (χ4v) is 5.05. The van der Waals surface area contributed by atoms with Crippen molar-refractivity contribution in [1.82, 2.24) is 29.3 Å². The second-order valence-electron chi connectivity index (χ2n) is 9.55. The summed E-state index contributed by atoms with van der Waals surface area (Å²) in [6, 6.07) is 6.30. The third-order valence-corrected chi connectivity index (χ3v) is 6.89. The number of ether oxygens (including phenoxy) is 2. The molecule has 0 saturated carbocycles. The average molecular weight is 601 g/mol. The minimum atomic E-state index is -5.22. The van der Waals surface area contributed by atoms with Gasteiger partial charge in [-0.2, -0.15) is 18.3 Å². The number of H-pyrrole nitrogens is 1. The predicted octanol–water partition coefficient (Wildman–Crippen LogP) is 4.51. The Morgan fingerprint density at radius 1 is 1.05 bits per heavy atom. The number of aromatic nitrogens is 6. The summed E-state index contributed by atoms with van der Waals surface area (Å²) in [6.45, 7) is 0.894. The molecule has 0 unspecified atom stereocenters. The molecule has 0 spiro atoms. The Morgan fingerprint density at radius 2 is 1.81 bits per heavy atom. The molecule has 0 bridgehead atoms. The fraction of sp³-hybridized carbons (Fsp3) is 0.222. The van der Waals surface area contributed by atoms with Crippen LogP contribution >= 0.6 is 0 Å². The van der Waals surface area contributed by atoms with Crippen LogP contribution in [0.25, 0.3) is 28.2 Å². The van der Waals surface area contributed by atoms with Crippen LogP contribution in [0.4, 0.5) is 22.0 Å². The molecule has 1 aliphatic heterocycles. The summed E-state index contributed by atoms with van der Waals surface area (Å²) in [7, 11) is 0. The van der Waals surface area contributed by atoms with Crippen LogP contribution in [0, 0.1) is 11.6 Å². The number of benzene rings is 1. The van der Waals surface area contributed by atoms with E-state index in [9.17, 15) is 27.2 Å². The first kappa shape index (κ1) is 28.0. The second kappa shape index (κ2) is 10.6. The number of nitrogens with one attached hydrogen (secondary N) is 1. The Balaban J connectivity index is 1.44. The lowest BCUT2D eigenvalue weighted by molar-refractivity contribution is -0.143. The van der Waals surface area contributed by atoms with E-state index in [2.05, 4.69) is 20.1 Å². The highest BCUT2D eigenvalue weighted by molar-refractivity contribution is 6.00. The van der Waals surface area contributed by atoms with Crippen LogP contribution in [0.15, 0.2) is 53.6 Å². The maximum Gasteiger partial charge on any atom is 0.434 e. The number of imidazole rings is 1. The van der Waals surface area contributed by atoms with Crippen molar-refractivity contribution in [1.29, 1.82) is 0 Å². The van der Waals surface area contributed by atoms with E-state index in [4.69, 9.17) is 15.2 Å². The van der Waals surface area contributed by atoms with Crippen molar-refractivity contribution in [2.45, 2.75) is 25.1 Å². The molecule has 1 amide bonds. The number of pyridine rings is 2. The van der Waals surface area contributed by atoms with Crippen molar-refractivity contribution >= 4 is 17.1 Å². The van der Waals surface area contributed by atoms with Gasteiger partial charge in [-0.1, -0.05) is 0 Å². The van der Waals surface area contributed by atoms with Crippen molar-refractivity contribution in [3.63, 3.8) is 0 Å². The topological polar surface area (TPSA) is 143 Å². The molecule has 4 aromatic heterocycles. The summed E-state index contributed by atoms with van der Waals surface area (Å²) in [4.78, 5) is 35.5. The van der Waals surface area contributed by atoms with E-state index in [0.717, 1.165) is 36.5 Å². The van der Waals surface area contributed by atoms with E-state index in [1.807, 2.05) is 0 Å². The third kappa shape index (κ3) is 4.98. The average Bonchev–Trinajstić information content (AvgIpc) is 3.54. The quantitative estimate of drug-likeness (QED) is 0.273. The lowest BCUT2D eigenvalue weighted by atomic mass is 10.0. The number of fused-ring (bicyclic) bond motifs is 1. The van der Waals surface area contributed by atoms with Crippen molar-refractivity contribution in [3.8, 4) is 28.6 Å². The van der Waals surface area contributed by atoms with Gasteiger partial charge < -0.3 is 15.2 Å². The van der Waals surface area contributed by atoms with Gasteiger partial charge in [0.2, 0.25) is 0 Å². The number of halogens is 5. The van der Waals surface area contributed by atoms with Gasteiger partial charge in [0.25, 0.3) is 5.91 Å². The van der Waals surface area contributed by atoms with Gasteiger partial charge in [-0.3, -0.25) is 14.3 Å². The van der Waals surface area contributed by atoms with Crippen LogP contribution < -0.4 is 16.2 Å². The number of amides is 1. The fourth-order valence-electron chi connectivity index (χ4n) is 5.05. The first-order valence-corrected chi connectivity index (χ1v) is 12.8. The van der Waals surface area contributed by atoms with Gasteiger partial charge in [-0.05, 0) is 43.2 Å². The predicted molar refractivity (Wildman–Crippen MR) is 140 cm³/mol. The largest absolute Gasteiger partial charge is 0.452 e. The monoisotopic (exact) mass is 601 g/mol. The van der Waals surface area contributed by atoms with Gasteiger partial charge in [-0.15, -0.1) is 0 Å². The molecule has 222 valence electrons. The molecule has 0 atom stereocenters. The summed E-state index contributed by atoms with van der Waals surface area (Å²) in [5.74, 6) is -4.82. The van der Waals surface area contributed by atoms with Gasteiger partial charge in [0.1, 0.15) is 11.2 Å². The molecule has 1 aromatic carbocycles. The van der Waals surface area contributed by atoms with E-state index >= 15 is 4.39 Å². The molecule has 1 aliphatic rings. The zero-order valence-corrected chi connectivity index (χ0v) is 21.9. The SMILES string of the molecule is NC(=O)c1c(-c2ccc(Oc3ccnc4[nH]c(=O)n(C5CCOCC5)c34)c(F)c2)nn(-c2ncccc2F)c1C(F)(F)F. The van der Waals surface area contributed by atoms with Crippen molar-refractivity contribution in [3.05, 3.63) is 82.2 Å². The number of hydrogen-bond donors (Lipinski definition) is 2. The Hall–Kier alpha value is -5.12. The molecule has 1 saturated heterocycles. The zero-order chi connectivity index (χ0) is 30.5. The molecule has 43 heavy (non-hydrogen) atoms. The number of aromatic amines is 1. The minimum Gasteiger partial charge on any atom is -0.452 e. The van der Waals surface area contributed by atoms with E-state index in [0.29, 0.717) is 31.6 Å². The van der Waals surface area contributed by atoms with Crippen molar-refractivity contribution in [2.75, 3.05) is 13.2 Å². The Bertz CT molecular complexity index is 1930. The van der Waals surface area contributed by atoms with Crippen LogP contribution in [0.5, 0.6) is 11.5 Å². The first-order valence-electron chi connectivity index (χ1n) is 12.8. The lowest BCUT2D eigenvalue weighted by Crippen LogP contribution is -2.27. The summed E-state index contributed by atoms with van der Waals surface area (Å²) in [6.07, 6.45) is -1.71. The highest BCUT2D eigenvalue weighted by Crippen LogP contribution is 2.40. The Kier molecular flexibility index (Phi) is 6.92. The molecule has 16 heteroatoms. The molecule has 6 rings (SSSR count). The molecule has 5 aromatic rings. The van der Waals surface area contributed by atoms with Crippen LogP contribution in [-0.2, 0) is 10.9 Å². The molecule has 1 fully saturated rings. The summed E-state index contributed by atoms with van der Waals surface area (Å²) in [5, 5.41) is 3.79. The van der Waals surface area contributed by atoms with Crippen LogP contribution in [0.1, 0.15) is 34.9 Å². The van der Waals surface area contributed by atoms with Crippen LogP contribution in [-0.4, -0.2) is 48.4 Å². The van der Waals surface area contributed by atoms with E-state index in [1.54, 1.807) is 0 Å². The zero-order valence-electron chi connectivity index (χ0n) is 21.9. The van der Waals surface area contributed by atoms with E-state index < -0.39 is 52.2 Å². The number of carbonyl (C=O) groups excluding carboxylic acids is 1. The molecular formula is C27H20F5N7O4. The van der Waals surface area contributed by atoms with E-state index in [-0.39, 0.29) is 33.4 Å². The lowest BCUT2D eigenvalue weighted by Gasteiger charge is -2.23. The number of primary amides is 1. The first-order chi connectivity index (χ1) is 20.5. The molecular weight excluding hydrogens is 581 g/mol. The second-order valence-corrected chi connectivity index (χ2v) is 9.55. The maximum atomic E-state index is 15.5. The maximum absolute atomic E-state index is 15.5. The number of alkyl halides is 3. The summed E-state index contributed by atoms with van der Waals surface area (Å²) in [5.41, 5.74) is 1.68. The van der Waals surface area contributed by atoms with Crippen LogP contribution in [0.2, 0.25) is 0 Å². The molecule has 5 heterocycles. The Morgan fingerprint density at radius 3 is 2.49 bits per heavy atom. The summed E-state index contributed by atoms with van der Waals surface area (Å²) < 4.78 is 85.1. The number of rotatable bonds is 6. The van der Waals surface area contributed by atoms with Crippen LogP contribution in [0.3, 0.4) is 0 Å².